The van der Waals surface area contributed by atoms with Crippen molar-refractivity contribution in [3.05, 3.63) is 0 Å². The molecule has 0 unspecified atom stereocenters. The van der Waals surface area contributed by atoms with Crippen LogP contribution in [0.3, 0.4) is 0 Å². The van der Waals surface area contributed by atoms with Crippen molar-refractivity contribution < 1.29 is 25.3 Å². The zero-order valence-corrected chi connectivity index (χ0v) is 10.7. The topological polar surface area (TPSA) is 0 Å². The first-order valence-electron chi connectivity index (χ1n) is 1.85. The van der Waals surface area contributed by atoms with Gasteiger partial charge in [-0.1, -0.05) is 0 Å². The van der Waals surface area contributed by atoms with E-state index in [9.17, 15) is 0 Å². The Balaban J connectivity index is 3.02. The van der Waals surface area contributed by atoms with E-state index in [2.05, 4.69) is 19.6 Å². The van der Waals surface area contributed by atoms with Crippen LogP contribution in [-0.2, 0) is 25.3 Å². The maximum absolute atomic E-state index is 2.41. The normalized spacial score (nSPS) is 12.2. The molecule has 0 spiro atoms. The second-order valence-corrected chi connectivity index (χ2v) is 32.4. The van der Waals surface area contributed by atoms with Gasteiger partial charge < -0.3 is 0 Å². The van der Waals surface area contributed by atoms with Crippen LogP contribution in [0.25, 0.3) is 0 Å². The average molecular weight is 274 g/mol. The van der Waals surface area contributed by atoms with Crippen LogP contribution in [0.5, 0.6) is 0 Å². The molecule has 0 fully saturated rings. The van der Waals surface area contributed by atoms with Gasteiger partial charge in [-0.25, -0.2) is 0 Å². The quantitative estimate of drug-likeness (QED) is 0.585. The summed E-state index contributed by atoms with van der Waals surface area (Å²) in [6.07, 6.45) is 0. The van der Waals surface area contributed by atoms with Gasteiger partial charge in [-0.05, 0) is 0 Å². The summed E-state index contributed by atoms with van der Waals surface area (Å²) in [7, 11) is 0. The van der Waals surface area contributed by atoms with Gasteiger partial charge >= 0.3 is 49.8 Å². The van der Waals surface area contributed by atoms with Gasteiger partial charge in [0.2, 0.25) is 0 Å². The molecule has 0 saturated heterocycles. The first kappa shape index (κ1) is 6.15. The molecular formula is C3H9HgSi. The molecule has 5 heavy (non-hydrogen) atoms. The molecule has 2 heteroatoms. The van der Waals surface area contributed by atoms with Crippen molar-refractivity contribution in [1.82, 2.24) is 0 Å². The second kappa shape index (κ2) is 1.74. The third-order valence-corrected chi connectivity index (χ3v) is 0. The standard InChI is InChI=1S/C3H9Si.Hg/c1-4(2)3;/h1-3H3;. The zero-order chi connectivity index (χ0) is 4.50. The summed E-state index contributed by atoms with van der Waals surface area (Å²) >= 11 is 1.09. The predicted molar refractivity (Wildman–Crippen MR) is 23.3 cm³/mol. The van der Waals surface area contributed by atoms with E-state index >= 15 is 0 Å². The van der Waals surface area contributed by atoms with Crippen LogP contribution in [0.4, 0.5) is 0 Å². The molecule has 0 nitrogen and oxygen atoms in total. The van der Waals surface area contributed by atoms with E-state index in [0.717, 1.165) is 25.3 Å². The van der Waals surface area contributed by atoms with Gasteiger partial charge in [0.15, 0.2) is 0 Å². The molecule has 27 valence electrons. The van der Waals surface area contributed by atoms with Crippen molar-refractivity contribution in [2.24, 2.45) is 0 Å². The predicted octanol–water partition coefficient (Wildman–Crippen LogP) is 1.37. The minimum atomic E-state index is -0.417. The van der Waals surface area contributed by atoms with Crippen molar-refractivity contribution in [1.29, 1.82) is 0 Å². The van der Waals surface area contributed by atoms with Crippen LogP contribution in [0, 0.1) is 0 Å². The minimum absolute atomic E-state index is 0.417. The number of rotatable bonds is 0. The van der Waals surface area contributed by atoms with Crippen molar-refractivity contribution in [3.8, 4) is 0 Å². The number of hydrogen-bond donors (Lipinski definition) is 0. The van der Waals surface area contributed by atoms with Crippen molar-refractivity contribution in [2.45, 2.75) is 19.6 Å². The van der Waals surface area contributed by atoms with Gasteiger partial charge in [0, 0.05) is 0 Å². The first-order valence-corrected chi connectivity index (χ1v) is 13.8. The monoisotopic (exact) mass is 275 g/mol. The van der Waals surface area contributed by atoms with E-state index in [-0.39, 0.29) is 0 Å². The molecule has 0 aromatic carbocycles. The van der Waals surface area contributed by atoms with Crippen molar-refractivity contribution in [2.75, 3.05) is 0 Å². The van der Waals surface area contributed by atoms with Crippen LogP contribution < -0.4 is 0 Å². The summed E-state index contributed by atoms with van der Waals surface area (Å²) in [5.74, 6) is 0. The molecule has 0 radical (unpaired) electrons. The molecule has 0 N–H and O–H groups in total. The third kappa shape index (κ3) is 38.6. The Morgan fingerprint density at radius 2 is 1.20 bits per heavy atom. The van der Waals surface area contributed by atoms with Crippen LogP contribution in [-0.4, -0.2) is 4.95 Å². The molecule has 0 atom stereocenters. The fourth-order valence-electron chi connectivity index (χ4n) is 0. The van der Waals surface area contributed by atoms with Gasteiger partial charge in [-0.3, -0.25) is 0 Å². The third-order valence-electron chi connectivity index (χ3n) is 0. The van der Waals surface area contributed by atoms with E-state index < -0.39 is 4.95 Å². The Morgan fingerprint density at radius 1 is 1.20 bits per heavy atom. The van der Waals surface area contributed by atoms with Gasteiger partial charge in [0.25, 0.3) is 0 Å². The molecule has 0 aliphatic rings. The SMILES string of the molecule is C[Si](C)(C)[Hg]. The van der Waals surface area contributed by atoms with E-state index in [0.29, 0.717) is 0 Å². The molecule has 0 amide bonds. The maximum atomic E-state index is 2.41. The Kier molecular flexibility index (Phi) is 2.14. The fraction of sp³-hybridized carbons (Fsp3) is 1.00. The summed E-state index contributed by atoms with van der Waals surface area (Å²) in [6.45, 7) is 7.24. The average Bonchev–Trinajstić information content (AvgIpc) is 0.722. The molecule has 0 aliphatic heterocycles. The van der Waals surface area contributed by atoms with E-state index in [1.54, 1.807) is 0 Å². The van der Waals surface area contributed by atoms with Crippen LogP contribution in [0.2, 0.25) is 19.6 Å². The molecule has 0 aromatic heterocycles. The van der Waals surface area contributed by atoms with Crippen LogP contribution in [0.15, 0.2) is 0 Å². The fourth-order valence-corrected chi connectivity index (χ4v) is 0. The first-order chi connectivity index (χ1) is 2.00. The van der Waals surface area contributed by atoms with E-state index in [4.69, 9.17) is 0 Å². The molecule has 0 aliphatic carbocycles. The summed E-state index contributed by atoms with van der Waals surface area (Å²) in [4.78, 5) is -0.417. The van der Waals surface area contributed by atoms with Gasteiger partial charge in [0.05, 0.1) is 0 Å². The van der Waals surface area contributed by atoms with Crippen LogP contribution in [0.1, 0.15) is 0 Å². The van der Waals surface area contributed by atoms with Crippen LogP contribution >= 0.6 is 0 Å². The van der Waals surface area contributed by atoms with Gasteiger partial charge in [-0.15, -0.1) is 0 Å². The summed E-state index contributed by atoms with van der Waals surface area (Å²) in [6, 6.07) is 0. The second-order valence-electron chi connectivity index (χ2n) is 2.56. The molecule has 0 heterocycles. The summed E-state index contributed by atoms with van der Waals surface area (Å²) < 4.78 is 0. The molecule has 0 aromatic rings. The molecule has 0 rings (SSSR count). The van der Waals surface area contributed by atoms with Gasteiger partial charge in [-0.2, -0.15) is 0 Å². The summed E-state index contributed by atoms with van der Waals surface area (Å²) in [5, 5.41) is 0. The van der Waals surface area contributed by atoms with Crippen molar-refractivity contribution in [3.63, 3.8) is 0 Å². The van der Waals surface area contributed by atoms with Crippen molar-refractivity contribution >= 4 is 4.95 Å². The van der Waals surface area contributed by atoms with E-state index in [1.165, 1.54) is 0 Å². The molecule has 0 bridgehead atoms. The Morgan fingerprint density at radius 3 is 1.20 bits per heavy atom. The van der Waals surface area contributed by atoms with Gasteiger partial charge in [0.1, 0.15) is 0 Å². The Hall–Kier alpha value is 1.15. The molecule has 0 saturated carbocycles. The zero-order valence-electron chi connectivity index (χ0n) is 4.21. The summed E-state index contributed by atoms with van der Waals surface area (Å²) in [5.41, 5.74) is 0. The Labute approximate surface area is 49.8 Å². The van der Waals surface area contributed by atoms with E-state index in [1.807, 2.05) is 0 Å². The Bertz CT molecular complexity index is 22.4. The molecular weight excluding hydrogens is 265 g/mol. The number of hydrogen-bond acceptors (Lipinski definition) is 0.